The van der Waals surface area contributed by atoms with Crippen molar-refractivity contribution in [1.82, 2.24) is 9.78 Å². The van der Waals surface area contributed by atoms with Gasteiger partial charge in [-0.2, -0.15) is 5.10 Å². The molecule has 0 atom stereocenters. The Balaban J connectivity index is 1.55. The number of hydrogen-bond acceptors (Lipinski definition) is 2. The number of carbonyl (C=O) groups excluding carboxylic acids is 1. The maximum atomic E-state index is 13.5. The molecule has 0 aliphatic heterocycles. The summed E-state index contributed by atoms with van der Waals surface area (Å²) in [6, 6.07) is 14.4. The second kappa shape index (κ2) is 5.81. The van der Waals surface area contributed by atoms with Crippen LogP contribution < -0.4 is 5.32 Å². The average Bonchev–Trinajstić information content (AvgIpc) is 3.29. The molecular weight excluding hydrogens is 324 g/mol. The van der Waals surface area contributed by atoms with Crippen molar-refractivity contribution in [2.24, 2.45) is 0 Å². The van der Waals surface area contributed by atoms with Gasteiger partial charge in [0, 0.05) is 18.3 Å². The van der Waals surface area contributed by atoms with E-state index in [1.54, 1.807) is 16.9 Å². The smallest absolute Gasteiger partial charge is 0.236 e. The lowest BCUT2D eigenvalue weighted by Gasteiger charge is -2.15. The number of nitrogens with zero attached hydrogens (tertiary/aromatic N) is 2. The molecule has 2 aromatic carbocycles. The minimum atomic E-state index is -0.876. The lowest BCUT2D eigenvalue weighted by molar-refractivity contribution is -0.118. The first-order chi connectivity index (χ1) is 12.1. The number of amides is 1. The maximum Gasteiger partial charge on any atom is 0.236 e. The molecule has 1 fully saturated rings. The van der Waals surface area contributed by atoms with Crippen LogP contribution in [0.25, 0.3) is 5.69 Å². The molecule has 1 N–H and O–H groups in total. The van der Waals surface area contributed by atoms with E-state index in [0.717, 1.165) is 11.8 Å². The number of carbonyl (C=O) groups is 1. The van der Waals surface area contributed by atoms with Gasteiger partial charge in [-0.15, -0.1) is 0 Å². The molecule has 1 amide bonds. The van der Waals surface area contributed by atoms with Crippen LogP contribution in [0.4, 0.5) is 14.6 Å². The first-order valence-corrected chi connectivity index (χ1v) is 7.96. The van der Waals surface area contributed by atoms with Crippen LogP contribution in [0.2, 0.25) is 0 Å². The number of hydrogen-bond donors (Lipinski definition) is 1. The van der Waals surface area contributed by atoms with Crippen LogP contribution in [0.1, 0.15) is 18.4 Å². The molecule has 1 heterocycles. The Hall–Kier alpha value is -3.02. The first kappa shape index (κ1) is 15.5. The van der Waals surface area contributed by atoms with E-state index in [4.69, 9.17) is 0 Å². The molecule has 0 unspecified atom stereocenters. The van der Waals surface area contributed by atoms with Gasteiger partial charge in [-0.3, -0.25) is 4.79 Å². The summed E-state index contributed by atoms with van der Waals surface area (Å²) in [6.07, 6.45) is 2.86. The predicted octanol–water partition coefficient (Wildman–Crippen LogP) is 3.82. The van der Waals surface area contributed by atoms with E-state index in [1.807, 2.05) is 30.3 Å². The quantitative estimate of drug-likeness (QED) is 0.785. The highest BCUT2D eigenvalue weighted by Crippen LogP contribution is 2.49. The van der Waals surface area contributed by atoms with E-state index in [1.165, 1.54) is 12.1 Å². The van der Waals surface area contributed by atoms with Gasteiger partial charge in [-0.1, -0.05) is 18.2 Å². The van der Waals surface area contributed by atoms with Crippen molar-refractivity contribution in [2.75, 3.05) is 5.32 Å². The van der Waals surface area contributed by atoms with Crippen molar-refractivity contribution in [3.63, 3.8) is 0 Å². The summed E-state index contributed by atoms with van der Waals surface area (Å²) in [6.45, 7) is 0. The Morgan fingerprint density at radius 2 is 1.72 bits per heavy atom. The van der Waals surface area contributed by atoms with Gasteiger partial charge in [0.05, 0.1) is 11.1 Å². The van der Waals surface area contributed by atoms with Crippen LogP contribution in [0.3, 0.4) is 0 Å². The van der Waals surface area contributed by atoms with Crippen LogP contribution >= 0.6 is 0 Å². The van der Waals surface area contributed by atoms with E-state index >= 15 is 0 Å². The van der Waals surface area contributed by atoms with Crippen LogP contribution in [-0.2, 0) is 10.2 Å². The van der Waals surface area contributed by atoms with Gasteiger partial charge in [-0.25, -0.2) is 13.5 Å². The Labute approximate surface area is 143 Å². The average molecular weight is 339 g/mol. The molecule has 126 valence electrons. The zero-order chi connectivity index (χ0) is 17.4. The Morgan fingerprint density at radius 3 is 2.36 bits per heavy atom. The van der Waals surface area contributed by atoms with Crippen molar-refractivity contribution in [1.29, 1.82) is 0 Å². The number of nitrogens with one attached hydrogen (secondary N) is 1. The van der Waals surface area contributed by atoms with Gasteiger partial charge in [0.2, 0.25) is 5.91 Å². The molecule has 3 aromatic rings. The van der Waals surface area contributed by atoms with Crippen molar-refractivity contribution >= 4 is 11.7 Å². The Morgan fingerprint density at radius 1 is 1.04 bits per heavy atom. The predicted molar refractivity (Wildman–Crippen MR) is 89.5 cm³/mol. The molecule has 0 saturated heterocycles. The highest BCUT2D eigenvalue weighted by molar-refractivity contribution is 6.00. The standard InChI is InChI=1S/C19H15F2N3O/c20-14-10-13(11-15(21)12-14)19(7-8-19)18(25)22-17-6-9-24(23-17)16-4-2-1-3-5-16/h1-6,9-12H,7-8H2,(H,22,23,25). The summed E-state index contributed by atoms with van der Waals surface area (Å²) < 4.78 is 28.6. The zero-order valence-electron chi connectivity index (χ0n) is 13.2. The van der Waals surface area contributed by atoms with Gasteiger partial charge in [0.1, 0.15) is 11.6 Å². The molecule has 1 saturated carbocycles. The maximum absolute atomic E-state index is 13.5. The number of aromatic nitrogens is 2. The molecule has 1 aromatic heterocycles. The zero-order valence-corrected chi connectivity index (χ0v) is 13.2. The second-order valence-electron chi connectivity index (χ2n) is 6.18. The summed E-state index contributed by atoms with van der Waals surface area (Å²) in [4.78, 5) is 12.7. The van der Waals surface area contributed by atoms with Crippen molar-refractivity contribution in [3.05, 3.63) is 78.0 Å². The fourth-order valence-corrected chi connectivity index (χ4v) is 2.95. The van der Waals surface area contributed by atoms with Crippen LogP contribution in [0.5, 0.6) is 0 Å². The number of rotatable bonds is 4. The molecule has 4 rings (SSSR count). The monoisotopic (exact) mass is 339 g/mol. The first-order valence-electron chi connectivity index (χ1n) is 7.96. The van der Waals surface area contributed by atoms with Crippen LogP contribution in [0.15, 0.2) is 60.8 Å². The summed E-state index contributed by atoms with van der Waals surface area (Å²) in [5.74, 6) is -1.25. The molecule has 4 nitrogen and oxygen atoms in total. The van der Waals surface area contributed by atoms with E-state index < -0.39 is 17.0 Å². The number of anilines is 1. The van der Waals surface area contributed by atoms with Crippen molar-refractivity contribution < 1.29 is 13.6 Å². The molecule has 1 aliphatic rings. The molecule has 1 aliphatic carbocycles. The summed E-state index contributed by atoms with van der Waals surface area (Å²) in [5, 5.41) is 7.08. The molecule has 6 heteroatoms. The minimum Gasteiger partial charge on any atom is -0.308 e. The van der Waals surface area contributed by atoms with Gasteiger partial charge < -0.3 is 5.32 Å². The van der Waals surface area contributed by atoms with Gasteiger partial charge >= 0.3 is 0 Å². The highest BCUT2D eigenvalue weighted by atomic mass is 19.1. The summed E-state index contributed by atoms with van der Waals surface area (Å²) >= 11 is 0. The van der Waals surface area contributed by atoms with Gasteiger partial charge in [0.25, 0.3) is 0 Å². The summed E-state index contributed by atoms with van der Waals surface area (Å²) in [7, 11) is 0. The largest absolute Gasteiger partial charge is 0.308 e. The fraction of sp³-hybridized carbons (Fsp3) is 0.158. The lowest BCUT2D eigenvalue weighted by Crippen LogP contribution is -2.28. The molecule has 25 heavy (non-hydrogen) atoms. The van der Waals surface area contributed by atoms with Gasteiger partial charge in [-0.05, 0) is 42.7 Å². The molecule has 0 bridgehead atoms. The summed E-state index contributed by atoms with van der Waals surface area (Å²) in [5.41, 5.74) is 0.362. The topological polar surface area (TPSA) is 46.9 Å². The van der Waals surface area contributed by atoms with E-state index in [-0.39, 0.29) is 5.91 Å². The van der Waals surface area contributed by atoms with E-state index in [9.17, 15) is 13.6 Å². The minimum absolute atomic E-state index is 0.296. The van der Waals surface area contributed by atoms with Crippen molar-refractivity contribution in [2.45, 2.75) is 18.3 Å². The van der Waals surface area contributed by atoms with Crippen LogP contribution in [0, 0.1) is 11.6 Å². The number of halogens is 2. The molecule has 0 spiro atoms. The lowest BCUT2D eigenvalue weighted by atomic mass is 9.94. The highest BCUT2D eigenvalue weighted by Gasteiger charge is 2.51. The molecular formula is C19H15F2N3O. The third kappa shape index (κ3) is 2.91. The number of benzene rings is 2. The fourth-order valence-electron chi connectivity index (χ4n) is 2.95. The van der Waals surface area contributed by atoms with Crippen LogP contribution in [-0.4, -0.2) is 15.7 Å². The van der Waals surface area contributed by atoms with E-state index in [0.29, 0.717) is 24.2 Å². The number of para-hydroxylation sites is 1. The molecule has 0 radical (unpaired) electrons. The third-order valence-corrected chi connectivity index (χ3v) is 4.45. The Bertz CT molecular complexity index is 913. The van der Waals surface area contributed by atoms with Gasteiger partial charge in [0.15, 0.2) is 5.82 Å². The van der Waals surface area contributed by atoms with Crippen molar-refractivity contribution in [3.8, 4) is 5.69 Å². The van der Waals surface area contributed by atoms with E-state index in [2.05, 4.69) is 10.4 Å². The normalized spacial score (nSPS) is 15.0. The third-order valence-electron chi connectivity index (χ3n) is 4.45. The second-order valence-corrected chi connectivity index (χ2v) is 6.18. The SMILES string of the molecule is O=C(Nc1ccn(-c2ccccc2)n1)C1(c2cc(F)cc(F)c2)CC1. The Kier molecular flexibility index (Phi) is 3.60.